The smallest absolute Gasteiger partial charge is 0.208 e. The van der Waals surface area contributed by atoms with Gasteiger partial charge in [0.25, 0.3) is 0 Å². The van der Waals surface area contributed by atoms with Gasteiger partial charge in [-0.2, -0.15) is 0 Å². The van der Waals surface area contributed by atoms with Gasteiger partial charge in [0.1, 0.15) is 0 Å². The predicted molar refractivity (Wildman–Crippen MR) is 63.2 cm³/mol. The van der Waals surface area contributed by atoms with Crippen LogP contribution in [-0.4, -0.2) is 24.5 Å². The molecule has 0 aliphatic heterocycles. The molecule has 82 valence electrons. The molecule has 0 heterocycles. The van der Waals surface area contributed by atoms with Gasteiger partial charge < -0.3 is 4.90 Å². The first-order valence-electron chi connectivity index (χ1n) is 5.04. The van der Waals surface area contributed by atoms with Crippen molar-refractivity contribution in [3.8, 4) is 0 Å². The molecule has 0 atom stereocenters. The van der Waals surface area contributed by atoms with E-state index in [4.69, 9.17) is 5.84 Å². The van der Waals surface area contributed by atoms with Crippen LogP contribution in [0.4, 0.5) is 0 Å². The lowest BCUT2D eigenvalue weighted by molar-refractivity contribution is 0.477. The molecule has 0 amide bonds. The van der Waals surface area contributed by atoms with Gasteiger partial charge in [-0.1, -0.05) is 30.3 Å². The molecule has 0 aliphatic rings. The molecule has 15 heavy (non-hydrogen) atoms. The summed E-state index contributed by atoms with van der Waals surface area (Å²) >= 11 is 0. The monoisotopic (exact) mass is 206 g/mol. The fraction of sp³-hybridized carbons (Fsp3) is 0.364. The maximum Gasteiger partial charge on any atom is 0.208 e. The molecule has 0 saturated heterocycles. The van der Waals surface area contributed by atoms with Crippen LogP contribution in [0.1, 0.15) is 12.5 Å². The molecule has 0 radical (unpaired) electrons. The molecule has 0 saturated carbocycles. The Bertz CT molecular complexity index is 308. The van der Waals surface area contributed by atoms with Crippen molar-refractivity contribution in [2.24, 2.45) is 10.8 Å². The van der Waals surface area contributed by atoms with Crippen molar-refractivity contribution in [3.63, 3.8) is 0 Å². The Balaban J connectivity index is 2.62. The van der Waals surface area contributed by atoms with Crippen LogP contribution in [-0.2, 0) is 6.54 Å². The van der Waals surface area contributed by atoms with Crippen molar-refractivity contribution in [1.29, 1.82) is 0 Å². The predicted octanol–water partition coefficient (Wildman–Crippen LogP) is 0.958. The highest BCUT2D eigenvalue weighted by atomic mass is 15.4. The van der Waals surface area contributed by atoms with E-state index in [9.17, 15) is 0 Å². The lowest BCUT2D eigenvalue weighted by Crippen LogP contribution is -2.42. The summed E-state index contributed by atoms with van der Waals surface area (Å²) in [6.07, 6.45) is 0. The Morgan fingerprint density at radius 3 is 2.60 bits per heavy atom. The number of hydrogen-bond donors (Lipinski definition) is 2. The van der Waals surface area contributed by atoms with Gasteiger partial charge in [-0.15, -0.1) is 0 Å². The van der Waals surface area contributed by atoms with E-state index >= 15 is 0 Å². The Kier molecular flexibility index (Phi) is 4.63. The van der Waals surface area contributed by atoms with Gasteiger partial charge in [0.15, 0.2) is 0 Å². The second kappa shape index (κ2) is 6.03. The average molecular weight is 206 g/mol. The number of aliphatic imine (C=N–C) groups is 1. The van der Waals surface area contributed by atoms with E-state index in [0.29, 0.717) is 5.96 Å². The fourth-order valence-corrected chi connectivity index (χ4v) is 1.36. The average Bonchev–Trinajstić information content (AvgIpc) is 2.27. The van der Waals surface area contributed by atoms with E-state index in [-0.39, 0.29) is 0 Å². The normalized spacial score (nSPS) is 11.3. The first-order chi connectivity index (χ1) is 7.27. The summed E-state index contributed by atoms with van der Waals surface area (Å²) < 4.78 is 0. The summed E-state index contributed by atoms with van der Waals surface area (Å²) in [7, 11) is 1.96. The van der Waals surface area contributed by atoms with Crippen molar-refractivity contribution in [2.75, 3.05) is 13.6 Å². The number of rotatable bonds is 3. The highest BCUT2D eigenvalue weighted by molar-refractivity contribution is 5.79. The van der Waals surface area contributed by atoms with Gasteiger partial charge in [0.2, 0.25) is 5.96 Å². The van der Waals surface area contributed by atoms with Gasteiger partial charge in [-0.3, -0.25) is 10.4 Å². The van der Waals surface area contributed by atoms with Crippen molar-refractivity contribution in [1.82, 2.24) is 10.3 Å². The zero-order valence-corrected chi connectivity index (χ0v) is 9.27. The van der Waals surface area contributed by atoms with Crippen LogP contribution < -0.4 is 11.3 Å². The molecular weight excluding hydrogens is 188 g/mol. The Labute approximate surface area is 90.8 Å². The fourth-order valence-electron chi connectivity index (χ4n) is 1.36. The van der Waals surface area contributed by atoms with Crippen LogP contribution in [0.3, 0.4) is 0 Å². The van der Waals surface area contributed by atoms with Crippen LogP contribution in [0.25, 0.3) is 0 Å². The summed E-state index contributed by atoms with van der Waals surface area (Å²) in [5.74, 6) is 6.10. The SMILES string of the molecule is CCN=C(NN)N(C)Cc1ccccc1. The minimum Gasteiger partial charge on any atom is -0.341 e. The third-order valence-electron chi connectivity index (χ3n) is 2.06. The number of benzene rings is 1. The molecule has 0 spiro atoms. The number of guanidine groups is 1. The zero-order chi connectivity index (χ0) is 11.1. The van der Waals surface area contributed by atoms with Crippen LogP contribution in [0.2, 0.25) is 0 Å². The van der Waals surface area contributed by atoms with Crippen LogP contribution in [0.5, 0.6) is 0 Å². The van der Waals surface area contributed by atoms with Gasteiger partial charge >= 0.3 is 0 Å². The van der Waals surface area contributed by atoms with Gasteiger partial charge in [-0.25, -0.2) is 5.84 Å². The number of nitrogens with zero attached hydrogens (tertiary/aromatic N) is 2. The minimum absolute atomic E-state index is 0.710. The van der Waals surface area contributed by atoms with Crippen LogP contribution >= 0.6 is 0 Å². The highest BCUT2D eigenvalue weighted by Crippen LogP contribution is 2.02. The Hall–Kier alpha value is -1.55. The molecule has 0 aromatic heterocycles. The molecule has 4 nitrogen and oxygen atoms in total. The lowest BCUT2D eigenvalue weighted by atomic mass is 10.2. The number of hydrogen-bond acceptors (Lipinski definition) is 2. The van der Waals surface area contributed by atoms with Crippen LogP contribution in [0, 0.1) is 0 Å². The van der Waals surface area contributed by atoms with Crippen LogP contribution in [0.15, 0.2) is 35.3 Å². The van der Waals surface area contributed by atoms with Gasteiger partial charge in [-0.05, 0) is 12.5 Å². The largest absolute Gasteiger partial charge is 0.341 e. The third-order valence-corrected chi connectivity index (χ3v) is 2.06. The van der Waals surface area contributed by atoms with Gasteiger partial charge in [0.05, 0.1) is 0 Å². The maximum atomic E-state index is 5.39. The molecule has 1 aromatic rings. The second-order valence-electron chi connectivity index (χ2n) is 3.28. The van der Waals surface area contributed by atoms with Crippen molar-refractivity contribution >= 4 is 5.96 Å². The van der Waals surface area contributed by atoms with E-state index in [1.807, 2.05) is 37.1 Å². The molecule has 3 N–H and O–H groups in total. The molecule has 4 heteroatoms. The van der Waals surface area contributed by atoms with Crippen molar-refractivity contribution in [3.05, 3.63) is 35.9 Å². The second-order valence-corrected chi connectivity index (χ2v) is 3.28. The standard InChI is InChI=1S/C11H18N4/c1-3-13-11(14-12)15(2)9-10-7-5-4-6-8-10/h4-8H,3,9,12H2,1-2H3,(H,13,14). The number of nitrogens with one attached hydrogen (secondary N) is 1. The summed E-state index contributed by atoms with van der Waals surface area (Å²) in [4.78, 5) is 6.23. The molecular formula is C11H18N4. The topological polar surface area (TPSA) is 53.6 Å². The quantitative estimate of drug-likeness (QED) is 0.335. The Morgan fingerprint density at radius 2 is 2.07 bits per heavy atom. The lowest BCUT2D eigenvalue weighted by Gasteiger charge is -2.20. The highest BCUT2D eigenvalue weighted by Gasteiger charge is 2.04. The molecule has 0 aliphatic carbocycles. The summed E-state index contributed by atoms with van der Waals surface area (Å²) in [6.45, 7) is 3.50. The zero-order valence-electron chi connectivity index (χ0n) is 9.27. The van der Waals surface area contributed by atoms with E-state index in [1.165, 1.54) is 5.56 Å². The summed E-state index contributed by atoms with van der Waals surface area (Å²) in [5, 5.41) is 0. The number of nitrogens with two attached hydrogens (primary N) is 1. The van der Waals surface area contributed by atoms with E-state index in [0.717, 1.165) is 13.1 Å². The summed E-state index contributed by atoms with van der Waals surface area (Å²) in [6, 6.07) is 10.2. The van der Waals surface area contributed by atoms with Gasteiger partial charge in [0, 0.05) is 20.1 Å². The molecule has 1 aromatic carbocycles. The van der Waals surface area contributed by atoms with E-state index in [1.54, 1.807) is 0 Å². The maximum absolute atomic E-state index is 5.39. The minimum atomic E-state index is 0.710. The molecule has 0 bridgehead atoms. The summed E-state index contributed by atoms with van der Waals surface area (Å²) in [5.41, 5.74) is 3.83. The first kappa shape index (κ1) is 11.5. The number of hydrazine groups is 1. The van der Waals surface area contributed by atoms with Crippen molar-refractivity contribution in [2.45, 2.75) is 13.5 Å². The molecule has 0 fully saturated rings. The van der Waals surface area contributed by atoms with E-state index < -0.39 is 0 Å². The first-order valence-corrected chi connectivity index (χ1v) is 5.04. The Morgan fingerprint density at radius 1 is 1.40 bits per heavy atom. The molecule has 0 unspecified atom stereocenters. The molecule has 1 rings (SSSR count). The third kappa shape index (κ3) is 3.59. The van der Waals surface area contributed by atoms with E-state index in [2.05, 4.69) is 22.6 Å². The van der Waals surface area contributed by atoms with Crippen molar-refractivity contribution < 1.29 is 0 Å².